The van der Waals surface area contributed by atoms with Crippen LogP contribution in [0.15, 0.2) is 18.2 Å². The minimum atomic E-state index is -1.16. The van der Waals surface area contributed by atoms with Crippen molar-refractivity contribution < 1.29 is 10.0 Å². The molecule has 0 fully saturated rings. The fourth-order valence-electron chi connectivity index (χ4n) is 2.17. The van der Waals surface area contributed by atoms with E-state index in [1.165, 1.54) is 16.7 Å². The lowest BCUT2D eigenvalue weighted by Gasteiger charge is -2.24. The molecule has 0 saturated carbocycles. The van der Waals surface area contributed by atoms with Crippen LogP contribution < -0.4 is 0 Å². The van der Waals surface area contributed by atoms with E-state index in [1.54, 1.807) is 0 Å². The normalized spacial score (nSPS) is 20.4. The predicted molar refractivity (Wildman–Crippen MR) is 57.1 cm³/mol. The Morgan fingerprint density at radius 2 is 2.07 bits per heavy atom. The van der Waals surface area contributed by atoms with E-state index in [0.717, 1.165) is 19.3 Å². The lowest BCUT2D eigenvalue weighted by molar-refractivity contribution is 0.374. The average Bonchev–Trinajstić information content (AvgIpc) is 2.16. The Morgan fingerprint density at radius 3 is 2.79 bits per heavy atom. The summed E-state index contributed by atoms with van der Waals surface area (Å²) in [4.78, 5) is 0. The van der Waals surface area contributed by atoms with Gasteiger partial charge in [-0.05, 0) is 43.1 Å². The van der Waals surface area contributed by atoms with E-state index in [0.29, 0.717) is 0 Å². The van der Waals surface area contributed by atoms with Gasteiger partial charge in [0.25, 0.3) is 0 Å². The Kier molecular flexibility index (Phi) is 2.61. The summed E-state index contributed by atoms with van der Waals surface area (Å²) in [5.74, 6) is 0.0179. The summed E-state index contributed by atoms with van der Waals surface area (Å²) in [6.07, 6.45) is 2.65. The third-order valence-corrected chi connectivity index (χ3v) is 3.05. The third-order valence-electron chi connectivity index (χ3n) is 3.05. The van der Waals surface area contributed by atoms with Crippen molar-refractivity contribution in [2.24, 2.45) is 0 Å². The molecule has 1 aromatic rings. The predicted octanol–water partition coefficient (Wildman–Crippen LogP) is 1.33. The topological polar surface area (TPSA) is 40.5 Å². The van der Waals surface area contributed by atoms with Gasteiger partial charge in [-0.2, -0.15) is 0 Å². The molecule has 3 heteroatoms. The summed E-state index contributed by atoms with van der Waals surface area (Å²) >= 11 is 0. The maximum Gasteiger partial charge on any atom is 0.455 e. The van der Waals surface area contributed by atoms with Crippen molar-refractivity contribution in [2.75, 3.05) is 0 Å². The molecule has 74 valence electrons. The van der Waals surface area contributed by atoms with Crippen LogP contribution in [0.4, 0.5) is 0 Å². The van der Waals surface area contributed by atoms with Crippen LogP contribution in [-0.2, 0) is 12.8 Å². The van der Waals surface area contributed by atoms with E-state index in [2.05, 4.69) is 25.1 Å². The molecular formula is C11H15BO2. The van der Waals surface area contributed by atoms with Gasteiger partial charge in [0.2, 0.25) is 0 Å². The zero-order valence-electron chi connectivity index (χ0n) is 8.40. The molecule has 1 aliphatic rings. The first-order valence-corrected chi connectivity index (χ1v) is 5.11. The Hall–Kier alpha value is -0.795. The maximum atomic E-state index is 9.13. The SMILES string of the molecule is Cc1ccc2c(c1)C[C@@H](B(O)O)CC2. The summed E-state index contributed by atoms with van der Waals surface area (Å²) in [6.45, 7) is 2.07. The Bertz CT molecular complexity index is 336. The summed E-state index contributed by atoms with van der Waals surface area (Å²) < 4.78 is 0. The largest absolute Gasteiger partial charge is 0.455 e. The third kappa shape index (κ3) is 1.84. The van der Waals surface area contributed by atoms with E-state index in [1.807, 2.05) is 0 Å². The van der Waals surface area contributed by atoms with Crippen molar-refractivity contribution in [1.82, 2.24) is 0 Å². The van der Waals surface area contributed by atoms with Crippen LogP contribution in [0.5, 0.6) is 0 Å². The van der Waals surface area contributed by atoms with Gasteiger partial charge in [0.1, 0.15) is 0 Å². The second-order valence-electron chi connectivity index (χ2n) is 4.19. The zero-order chi connectivity index (χ0) is 10.1. The van der Waals surface area contributed by atoms with Crippen LogP contribution in [0.2, 0.25) is 5.82 Å². The first-order chi connectivity index (χ1) is 6.66. The van der Waals surface area contributed by atoms with Crippen LogP contribution in [0.3, 0.4) is 0 Å². The second-order valence-corrected chi connectivity index (χ2v) is 4.19. The standard InChI is InChI=1S/C11H15BO2/c1-8-2-3-9-4-5-11(12(13)14)7-10(9)6-8/h2-3,6,11,13-14H,4-5,7H2,1H3/t11-/m0/s1. The van der Waals surface area contributed by atoms with E-state index >= 15 is 0 Å². The fraction of sp³-hybridized carbons (Fsp3) is 0.455. The molecule has 2 nitrogen and oxygen atoms in total. The average molecular weight is 190 g/mol. The molecule has 0 aromatic heterocycles. The highest BCUT2D eigenvalue weighted by Gasteiger charge is 2.27. The van der Waals surface area contributed by atoms with Crippen molar-refractivity contribution >= 4 is 7.12 Å². The number of fused-ring (bicyclic) bond motifs is 1. The fourth-order valence-corrected chi connectivity index (χ4v) is 2.17. The van der Waals surface area contributed by atoms with E-state index in [9.17, 15) is 0 Å². The van der Waals surface area contributed by atoms with Crippen molar-refractivity contribution in [2.45, 2.75) is 32.0 Å². The van der Waals surface area contributed by atoms with E-state index in [-0.39, 0.29) is 5.82 Å². The van der Waals surface area contributed by atoms with Gasteiger partial charge >= 0.3 is 7.12 Å². The Labute approximate surface area is 84.7 Å². The highest BCUT2D eigenvalue weighted by molar-refractivity contribution is 6.43. The molecule has 1 atom stereocenters. The van der Waals surface area contributed by atoms with Gasteiger partial charge in [-0.15, -0.1) is 0 Å². The van der Waals surface area contributed by atoms with Gasteiger partial charge in [-0.1, -0.05) is 23.8 Å². The van der Waals surface area contributed by atoms with Gasteiger partial charge in [0.15, 0.2) is 0 Å². The molecule has 0 unspecified atom stereocenters. The van der Waals surface area contributed by atoms with Crippen molar-refractivity contribution in [3.05, 3.63) is 34.9 Å². The molecule has 0 radical (unpaired) electrons. The molecule has 0 bridgehead atoms. The van der Waals surface area contributed by atoms with Crippen molar-refractivity contribution in [3.8, 4) is 0 Å². The van der Waals surface area contributed by atoms with Crippen LogP contribution in [0.25, 0.3) is 0 Å². The number of hydrogen-bond acceptors (Lipinski definition) is 2. The molecule has 0 amide bonds. The molecule has 2 rings (SSSR count). The number of hydrogen-bond donors (Lipinski definition) is 2. The Morgan fingerprint density at radius 1 is 1.29 bits per heavy atom. The van der Waals surface area contributed by atoms with Gasteiger partial charge in [-0.25, -0.2) is 0 Å². The highest BCUT2D eigenvalue weighted by atomic mass is 16.4. The molecular weight excluding hydrogens is 175 g/mol. The summed E-state index contributed by atoms with van der Waals surface area (Å²) in [6, 6.07) is 6.43. The first-order valence-electron chi connectivity index (χ1n) is 5.11. The van der Waals surface area contributed by atoms with Gasteiger partial charge in [0.05, 0.1) is 0 Å². The number of rotatable bonds is 1. The van der Waals surface area contributed by atoms with Gasteiger partial charge in [0, 0.05) is 0 Å². The molecule has 0 aliphatic heterocycles. The molecule has 0 spiro atoms. The van der Waals surface area contributed by atoms with E-state index < -0.39 is 7.12 Å². The van der Waals surface area contributed by atoms with Crippen LogP contribution >= 0.6 is 0 Å². The van der Waals surface area contributed by atoms with Gasteiger partial charge < -0.3 is 10.0 Å². The van der Waals surface area contributed by atoms with Crippen LogP contribution in [0.1, 0.15) is 23.1 Å². The Balaban J connectivity index is 2.24. The maximum absolute atomic E-state index is 9.13. The minimum absolute atomic E-state index is 0.0179. The monoisotopic (exact) mass is 190 g/mol. The number of aryl methyl sites for hydroxylation is 2. The zero-order valence-corrected chi connectivity index (χ0v) is 8.40. The minimum Gasteiger partial charge on any atom is -0.427 e. The summed E-state index contributed by atoms with van der Waals surface area (Å²) in [5, 5.41) is 18.3. The van der Waals surface area contributed by atoms with Crippen molar-refractivity contribution in [3.63, 3.8) is 0 Å². The molecule has 2 N–H and O–H groups in total. The molecule has 0 heterocycles. The highest BCUT2D eigenvalue weighted by Crippen LogP contribution is 2.30. The number of benzene rings is 1. The lowest BCUT2D eigenvalue weighted by atomic mass is 9.64. The molecule has 0 saturated heterocycles. The molecule has 1 aromatic carbocycles. The van der Waals surface area contributed by atoms with Crippen LogP contribution in [0, 0.1) is 6.92 Å². The second kappa shape index (κ2) is 3.75. The molecule has 1 aliphatic carbocycles. The quantitative estimate of drug-likeness (QED) is 0.655. The summed E-state index contributed by atoms with van der Waals surface area (Å²) in [7, 11) is -1.16. The van der Waals surface area contributed by atoms with Gasteiger partial charge in [-0.3, -0.25) is 0 Å². The first kappa shape index (κ1) is 9.75. The van der Waals surface area contributed by atoms with Crippen LogP contribution in [-0.4, -0.2) is 17.2 Å². The molecule has 14 heavy (non-hydrogen) atoms. The van der Waals surface area contributed by atoms with E-state index in [4.69, 9.17) is 10.0 Å². The van der Waals surface area contributed by atoms with Crippen molar-refractivity contribution in [1.29, 1.82) is 0 Å². The summed E-state index contributed by atoms with van der Waals surface area (Å²) in [5.41, 5.74) is 3.90. The lowest BCUT2D eigenvalue weighted by Crippen LogP contribution is -2.25. The smallest absolute Gasteiger partial charge is 0.427 e.